The van der Waals surface area contributed by atoms with Crippen molar-refractivity contribution in [1.82, 2.24) is 0 Å². The van der Waals surface area contributed by atoms with Crippen LogP contribution in [-0.4, -0.2) is 14.3 Å². The normalized spacial score (nSPS) is 11.3. The summed E-state index contributed by atoms with van der Waals surface area (Å²) in [6, 6.07) is 21.7. The predicted molar refractivity (Wildman–Crippen MR) is 116 cm³/mol. The first kappa shape index (κ1) is 19.2. The van der Waals surface area contributed by atoms with Gasteiger partial charge in [0.05, 0.1) is 4.90 Å². The Bertz CT molecular complexity index is 1250. The summed E-state index contributed by atoms with van der Waals surface area (Å²) in [4.78, 5) is 12.5. The number of sulfonamides is 1. The maximum absolute atomic E-state index is 12.5. The molecule has 8 heteroatoms. The van der Waals surface area contributed by atoms with Crippen molar-refractivity contribution in [3.05, 3.63) is 89.1 Å². The predicted octanol–water partition coefficient (Wildman–Crippen LogP) is 5.25. The lowest BCUT2D eigenvalue weighted by molar-refractivity contribution is 0.0998. The molecule has 0 unspecified atom stereocenters. The van der Waals surface area contributed by atoms with Crippen LogP contribution >= 0.6 is 15.9 Å². The number of nitrogens with one attached hydrogen (secondary N) is 2. The van der Waals surface area contributed by atoms with Crippen molar-refractivity contribution in [2.45, 2.75) is 4.90 Å². The molecule has 1 heterocycles. The summed E-state index contributed by atoms with van der Waals surface area (Å²) in [6.45, 7) is 0. The number of hydrogen-bond donors (Lipinski definition) is 2. The van der Waals surface area contributed by atoms with Crippen LogP contribution in [0.3, 0.4) is 0 Å². The molecule has 0 saturated carbocycles. The minimum atomic E-state index is -3.74. The third kappa shape index (κ3) is 4.33. The molecule has 2 N–H and O–H groups in total. The van der Waals surface area contributed by atoms with Gasteiger partial charge < -0.3 is 9.73 Å². The van der Waals surface area contributed by atoms with Crippen LogP contribution in [0.4, 0.5) is 11.4 Å². The summed E-state index contributed by atoms with van der Waals surface area (Å²) in [6.07, 6.45) is 0. The van der Waals surface area contributed by atoms with Crippen molar-refractivity contribution in [2.24, 2.45) is 0 Å². The molecule has 4 rings (SSSR count). The third-order valence-electron chi connectivity index (χ3n) is 4.17. The lowest BCUT2D eigenvalue weighted by Crippen LogP contribution is -2.14. The second kappa shape index (κ2) is 7.73. The van der Waals surface area contributed by atoms with E-state index in [4.69, 9.17) is 4.42 Å². The van der Waals surface area contributed by atoms with Crippen molar-refractivity contribution in [3.8, 4) is 0 Å². The first-order valence-electron chi connectivity index (χ1n) is 8.59. The fourth-order valence-electron chi connectivity index (χ4n) is 2.74. The topological polar surface area (TPSA) is 88.4 Å². The highest BCUT2D eigenvalue weighted by Gasteiger charge is 2.16. The maximum atomic E-state index is 12.5. The molecule has 29 heavy (non-hydrogen) atoms. The second-order valence-electron chi connectivity index (χ2n) is 6.24. The highest BCUT2D eigenvalue weighted by molar-refractivity contribution is 9.10. The molecule has 0 aliphatic heterocycles. The van der Waals surface area contributed by atoms with Gasteiger partial charge >= 0.3 is 0 Å². The number of fused-ring (bicyclic) bond motifs is 1. The van der Waals surface area contributed by atoms with Crippen molar-refractivity contribution in [2.75, 3.05) is 10.0 Å². The van der Waals surface area contributed by atoms with E-state index in [1.54, 1.807) is 36.4 Å². The SMILES string of the molecule is O=C(Nc1ccc(S(=O)(=O)Nc2ccc(Br)cc2)cc1)c1cc2ccccc2o1. The molecule has 0 aliphatic rings. The van der Waals surface area contributed by atoms with Gasteiger partial charge in [-0.1, -0.05) is 34.1 Å². The van der Waals surface area contributed by atoms with Crippen molar-refractivity contribution >= 4 is 54.2 Å². The molecule has 0 bridgehead atoms. The number of carbonyl (C=O) groups is 1. The maximum Gasteiger partial charge on any atom is 0.291 e. The Kier molecular flexibility index (Phi) is 5.12. The molecule has 3 aromatic carbocycles. The van der Waals surface area contributed by atoms with Gasteiger partial charge in [-0.25, -0.2) is 8.42 Å². The number of amides is 1. The van der Waals surface area contributed by atoms with Gasteiger partial charge in [0.2, 0.25) is 0 Å². The molecule has 0 fully saturated rings. The molecule has 0 aliphatic carbocycles. The summed E-state index contributed by atoms with van der Waals surface area (Å²) >= 11 is 3.31. The molecule has 1 amide bonds. The van der Waals surface area contributed by atoms with Crippen LogP contribution in [0, 0.1) is 0 Å². The van der Waals surface area contributed by atoms with E-state index in [9.17, 15) is 13.2 Å². The number of carbonyl (C=O) groups excluding carboxylic acids is 1. The molecular weight excluding hydrogens is 456 g/mol. The number of anilines is 2. The number of benzene rings is 3. The molecule has 146 valence electrons. The molecule has 0 saturated heterocycles. The van der Waals surface area contributed by atoms with E-state index in [0.29, 0.717) is 17.0 Å². The Balaban J connectivity index is 1.48. The molecule has 1 aromatic heterocycles. The number of furan rings is 1. The van der Waals surface area contributed by atoms with E-state index >= 15 is 0 Å². The van der Waals surface area contributed by atoms with Crippen LogP contribution in [0.15, 0.2) is 92.6 Å². The van der Waals surface area contributed by atoms with Gasteiger partial charge in [-0.3, -0.25) is 9.52 Å². The molecule has 0 radical (unpaired) electrons. The molecule has 0 atom stereocenters. The van der Waals surface area contributed by atoms with Gasteiger partial charge in [0, 0.05) is 21.2 Å². The standard InChI is InChI=1S/C21H15BrN2O4S/c22-15-5-7-17(8-6-15)24-29(26,27)18-11-9-16(10-12-18)23-21(25)20-13-14-3-1-2-4-19(14)28-20/h1-13,24H,(H,23,25). The summed E-state index contributed by atoms with van der Waals surface area (Å²) < 4.78 is 33.9. The summed E-state index contributed by atoms with van der Waals surface area (Å²) in [7, 11) is -3.74. The Hall–Kier alpha value is -3.10. The van der Waals surface area contributed by atoms with Gasteiger partial charge in [-0.05, 0) is 60.7 Å². The molecule has 6 nitrogen and oxygen atoms in total. The Labute approximate surface area is 175 Å². The van der Waals surface area contributed by atoms with Crippen LogP contribution < -0.4 is 10.0 Å². The van der Waals surface area contributed by atoms with E-state index in [1.165, 1.54) is 24.3 Å². The number of hydrogen-bond acceptors (Lipinski definition) is 4. The van der Waals surface area contributed by atoms with Gasteiger partial charge in [0.1, 0.15) is 5.58 Å². The fourth-order valence-corrected chi connectivity index (χ4v) is 4.06. The summed E-state index contributed by atoms with van der Waals surface area (Å²) in [5, 5.41) is 3.53. The minimum absolute atomic E-state index is 0.0853. The van der Waals surface area contributed by atoms with Gasteiger partial charge in [-0.2, -0.15) is 0 Å². The van der Waals surface area contributed by atoms with Crippen LogP contribution in [0.2, 0.25) is 0 Å². The molecular formula is C21H15BrN2O4S. The van der Waals surface area contributed by atoms with Gasteiger partial charge in [0.25, 0.3) is 15.9 Å². The van der Waals surface area contributed by atoms with Gasteiger partial charge in [-0.15, -0.1) is 0 Å². The zero-order valence-electron chi connectivity index (χ0n) is 14.9. The summed E-state index contributed by atoms with van der Waals surface area (Å²) in [5.41, 5.74) is 1.53. The number of rotatable bonds is 5. The van der Waals surface area contributed by atoms with E-state index in [2.05, 4.69) is 26.0 Å². The Morgan fingerprint density at radius 3 is 2.21 bits per heavy atom. The second-order valence-corrected chi connectivity index (χ2v) is 8.84. The van der Waals surface area contributed by atoms with Crippen LogP contribution in [0.1, 0.15) is 10.6 Å². The zero-order chi connectivity index (χ0) is 20.4. The third-order valence-corrected chi connectivity index (χ3v) is 6.09. The first-order valence-corrected chi connectivity index (χ1v) is 10.9. The van der Waals surface area contributed by atoms with Gasteiger partial charge in [0.15, 0.2) is 5.76 Å². The highest BCUT2D eigenvalue weighted by Crippen LogP contribution is 2.22. The lowest BCUT2D eigenvalue weighted by Gasteiger charge is -2.09. The fraction of sp³-hybridized carbons (Fsp3) is 0. The number of para-hydroxylation sites is 1. The van der Waals surface area contributed by atoms with E-state index in [-0.39, 0.29) is 10.7 Å². The van der Waals surface area contributed by atoms with Crippen LogP contribution in [-0.2, 0) is 10.0 Å². The summed E-state index contributed by atoms with van der Waals surface area (Å²) in [5.74, 6) is -0.232. The Morgan fingerprint density at radius 1 is 0.862 bits per heavy atom. The lowest BCUT2D eigenvalue weighted by atomic mass is 10.2. The van der Waals surface area contributed by atoms with E-state index in [1.807, 2.05) is 18.2 Å². The average Bonchev–Trinajstić information content (AvgIpc) is 3.14. The molecule has 0 spiro atoms. The average molecular weight is 471 g/mol. The van der Waals surface area contributed by atoms with Crippen molar-refractivity contribution < 1.29 is 17.6 Å². The van der Waals surface area contributed by atoms with E-state index < -0.39 is 15.9 Å². The minimum Gasteiger partial charge on any atom is -0.451 e. The Morgan fingerprint density at radius 2 is 1.52 bits per heavy atom. The smallest absolute Gasteiger partial charge is 0.291 e. The number of halogens is 1. The highest BCUT2D eigenvalue weighted by atomic mass is 79.9. The zero-order valence-corrected chi connectivity index (χ0v) is 17.3. The van der Waals surface area contributed by atoms with Crippen molar-refractivity contribution in [3.63, 3.8) is 0 Å². The monoisotopic (exact) mass is 470 g/mol. The largest absolute Gasteiger partial charge is 0.451 e. The first-order chi connectivity index (χ1) is 13.9. The van der Waals surface area contributed by atoms with E-state index in [0.717, 1.165) is 9.86 Å². The van der Waals surface area contributed by atoms with Crippen molar-refractivity contribution in [1.29, 1.82) is 0 Å². The quantitative estimate of drug-likeness (QED) is 0.416. The molecule has 4 aromatic rings. The van der Waals surface area contributed by atoms with Crippen LogP contribution in [0.25, 0.3) is 11.0 Å². The van der Waals surface area contributed by atoms with Crippen LogP contribution in [0.5, 0.6) is 0 Å².